The van der Waals surface area contributed by atoms with Gasteiger partial charge in [-0.3, -0.25) is 4.79 Å². The highest BCUT2D eigenvalue weighted by molar-refractivity contribution is 6.30. The van der Waals surface area contributed by atoms with Crippen molar-refractivity contribution in [2.24, 2.45) is 5.92 Å². The number of hydrogen-bond acceptors (Lipinski definition) is 4. The molecule has 0 spiro atoms. The van der Waals surface area contributed by atoms with Crippen molar-refractivity contribution >= 4 is 23.6 Å². The van der Waals surface area contributed by atoms with E-state index in [1.54, 1.807) is 4.90 Å². The first-order valence-electron chi connectivity index (χ1n) is 9.22. The van der Waals surface area contributed by atoms with Crippen molar-refractivity contribution in [3.05, 3.63) is 34.6 Å². The molecule has 0 bridgehead atoms. The summed E-state index contributed by atoms with van der Waals surface area (Å²) in [6.07, 6.45) is 2.99. The fraction of sp³-hybridized carbons (Fsp3) is 0.579. The van der Waals surface area contributed by atoms with Crippen LogP contribution in [-0.2, 0) is 16.1 Å². The summed E-state index contributed by atoms with van der Waals surface area (Å²) in [6, 6.07) is 3.98. The monoisotopic (exact) mass is 398 g/mol. The van der Waals surface area contributed by atoms with Crippen LogP contribution in [0.1, 0.15) is 44.6 Å². The van der Waals surface area contributed by atoms with Crippen LogP contribution in [0.5, 0.6) is 0 Å². The van der Waals surface area contributed by atoms with Crippen LogP contribution in [0.25, 0.3) is 0 Å². The maximum Gasteiger partial charge on any atom is 0.410 e. The van der Waals surface area contributed by atoms with E-state index >= 15 is 0 Å². The van der Waals surface area contributed by atoms with Crippen LogP contribution in [0.3, 0.4) is 0 Å². The van der Waals surface area contributed by atoms with Crippen molar-refractivity contribution in [2.45, 2.75) is 57.4 Å². The Bertz CT molecular complexity index is 703. The van der Waals surface area contributed by atoms with Crippen LogP contribution in [-0.4, -0.2) is 40.4 Å². The number of rotatable bonds is 4. The standard InChI is InChI=1S/C19H24ClFN2O4/c1-12-2-4-16(5-3-12)23-7-6-19(26,17(23)24)27-18(25)22-11-13-8-14(20)10-15(21)9-13/h8-10,12,16,26H,2-7,11H2,1H3,(H,22,25). The van der Waals surface area contributed by atoms with Gasteiger partial charge in [0.25, 0.3) is 11.7 Å². The van der Waals surface area contributed by atoms with E-state index in [4.69, 9.17) is 16.3 Å². The minimum atomic E-state index is -2.15. The van der Waals surface area contributed by atoms with Crippen molar-refractivity contribution in [1.82, 2.24) is 10.2 Å². The third kappa shape index (κ3) is 4.71. The SMILES string of the molecule is CC1CCC(N2CCC(O)(OC(=O)NCc3cc(F)cc(Cl)c3)C2=O)CC1. The Morgan fingerprint density at radius 3 is 2.74 bits per heavy atom. The number of halogens is 2. The average Bonchev–Trinajstić information content (AvgIpc) is 2.88. The fourth-order valence-electron chi connectivity index (χ4n) is 3.78. The van der Waals surface area contributed by atoms with E-state index in [1.165, 1.54) is 12.1 Å². The Kier molecular flexibility index (Phi) is 5.91. The molecule has 1 unspecified atom stereocenters. The first kappa shape index (κ1) is 19.9. The Hall–Kier alpha value is -1.86. The Morgan fingerprint density at radius 2 is 2.07 bits per heavy atom. The Morgan fingerprint density at radius 1 is 1.37 bits per heavy atom. The molecule has 148 valence electrons. The molecule has 3 rings (SSSR count). The number of likely N-dealkylation sites (tertiary alicyclic amines) is 1. The van der Waals surface area contributed by atoms with Crippen LogP contribution in [0, 0.1) is 11.7 Å². The summed E-state index contributed by atoms with van der Waals surface area (Å²) in [6.45, 7) is 2.52. The minimum Gasteiger partial charge on any atom is -0.407 e. The number of ether oxygens (including phenoxy) is 1. The third-order valence-electron chi connectivity index (χ3n) is 5.33. The molecule has 1 atom stereocenters. The van der Waals surface area contributed by atoms with Crippen molar-refractivity contribution in [1.29, 1.82) is 0 Å². The van der Waals surface area contributed by atoms with Gasteiger partial charge in [0, 0.05) is 30.6 Å². The van der Waals surface area contributed by atoms with Gasteiger partial charge in [-0.1, -0.05) is 18.5 Å². The van der Waals surface area contributed by atoms with Crippen LogP contribution in [0.2, 0.25) is 5.02 Å². The molecule has 2 aliphatic rings. The molecule has 1 heterocycles. The van der Waals surface area contributed by atoms with E-state index in [9.17, 15) is 19.1 Å². The molecule has 8 heteroatoms. The lowest BCUT2D eigenvalue weighted by Crippen LogP contribution is -2.48. The van der Waals surface area contributed by atoms with E-state index in [1.807, 2.05) is 0 Å². The molecule has 0 aromatic heterocycles. The number of carbonyl (C=O) groups excluding carboxylic acids is 2. The van der Waals surface area contributed by atoms with Crippen LogP contribution in [0.4, 0.5) is 9.18 Å². The molecule has 1 saturated carbocycles. The first-order valence-corrected chi connectivity index (χ1v) is 9.60. The van der Waals surface area contributed by atoms with Crippen molar-refractivity contribution in [2.75, 3.05) is 6.54 Å². The van der Waals surface area contributed by atoms with Gasteiger partial charge in [0.2, 0.25) is 0 Å². The Balaban J connectivity index is 1.54. The predicted octanol–water partition coefficient (Wildman–Crippen LogP) is 3.20. The molecule has 1 saturated heterocycles. The highest BCUT2D eigenvalue weighted by atomic mass is 35.5. The van der Waals surface area contributed by atoms with Crippen molar-refractivity contribution < 1.29 is 23.8 Å². The zero-order valence-corrected chi connectivity index (χ0v) is 16.0. The molecule has 1 aromatic carbocycles. The van der Waals surface area contributed by atoms with Crippen molar-refractivity contribution in [3.8, 4) is 0 Å². The maximum atomic E-state index is 13.3. The topological polar surface area (TPSA) is 78.9 Å². The summed E-state index contributed by atoms with van der Waals surface area (Å²) in [5.41, 5.74) is 0.444. The second kappa shape index (κ2) is 8.02. The highest BCUT2D eigenvalue weighted by Gasteiger charge is 2.51. The molecule has 2 fully saturated rings. The maximum absolute atomic E-state index is 13.3. The molecule has 6 nitrogen and oxygen atoms in total. The van der Waals surface area contributed by atoms with E-state index in [0.717, 1.165) is 31.7 Å². The summed E-state index contributed by atoms with van der Waals surface area (Å²) >= 11 is 5.77. The van der Waals surface area contributed by atoms with Gasteiger partial charge in [0.05, 0.1) is 0 Å². The number of carbonyl (C=O) groups is 2. The van der Waals surface area contributed by atoms with Crippen molar-refractivity contribution in [3.63, 3.8) is 0 Å². The predicted molar refractivity (Wildman–Crippen MR) is 97.4 cm³/mol. The normalized spacial score (nSPS) is 28.3. The van der Waals surface area contributed by atoms with Crippen LogP contribution in [0.15, 0.2) is 18.2 Å². The second-order valence-corrected chi connectivity index (χ2v) is 7.90. The van der Waals surface area contributed by atoms with Gasteiger partial charge in [-0.2, -0.15) is 0 Å². The third-order valence-corrected chi connectivity index (χ3v) is 5.55. The van der Waals surface area contributed by atoms with E-state index in [2.05, 4.69) is 12.2 Å². The second-order valence-electron chi connectivity index (χ2n) is 7.47. The van der Waals surface area contributed by atoms with E-state index < -0.39 is 23.6 Å². The lowest BCUT2D eigenvalue weighted by Gasteiger charge is -2.34. The smallest absolute Gasteiger partial charge is 0.407 e. The lowest BCUT2D eigenvalue weighted by atomic mass is 9.87. The molecule has 2 amide bonds. The molecular weight excluding hydrogens is 375 g/mol. The minimum absolute atomic E-state index is 0.0369. The summed E-state index contributed by atoms with van der Waals surface area (Å²) in [4.78, 5) is 26.3. The number of benzene rings is 1. The molecule has 1 aromatic rings. The summed E-state index contributed by atoms with van der Waals surface area (Å²) in [7, 11) is 0. The van der Waals surface area contributed by atoms with Gasteiger partial charge in [-0.05, 0) is 55.4 Å². The number of alkyl carbamates (subject to hydrolysis) is 1. The number of hydrogen-bond donors (Lipinski definition) is 2. The van der Waals surface area contributed by atoms with E-state index in [0.29, 0.717) is 18.0 Å². The van der Waals surface area contributed by atoms with Gasteiger partial charge < -0.3 is 20.1 Å². The molecule has 2 N–H and O–H groups in total. The zero-order chi connectivity index (χ0) is 19.6. The van der Waals surface area contributed by atoms with Gasteiger partial charge in [0.1, 0.15) is 5.82 Å². The summed E-state index contributed by atoms with van der Waals surface area (Å²) in [5.74, 6) is -2.58. The largest absolute Gasteiger partial charge is 0.410 e. The van der Waals surface area contributed by atoms with Gasteiger partial charge in [0.15, 0.2) is 0 Å². The lowest BCUT2D eigenvalue weighted by molar-refractivity contribution is -0.183. The highest BCUT2D eigenvalue weighted by Crippen LogP contribution is 2.33. The molecule has 1 aliphatic heterocycles. The number of aliphatic hydroxyl groups is 1. The van der Waals surface area contributed by atoms with Crippen LogP contribution >= 0.6 is 11.6 Å². The van der Waals surface area contributed by atoms with E-state index in [-0.39, 0.29) is 24.0 Å². The first-order chi connectivity index (χ1) is 12.8. The van der Waals surface area contributed by atoms with Gasteiger partial charge in [-0.25, -0.2) is 9.18 Å². The average molecular weight is 399 g/mol. The van der Waals surface area contributed by atoms with Crippen LogP contribution < -0.4 is 5.32 Å². The fourth-order valence-corrected chi connectivity index (χ4v) is 4.02. The van der Waals surface area contributed by atoms with Gasteiger partial charge in [-0.15, -0.1) is 0 Å². The summed E-state index contributed by atoms with van der Waals surface area (Å²) < 4.78 is 18.3. The zero-order valence-electron chi connectivity index (χ0n) is 15.2. The molecule has 0 radical (unpaired) electrons. The number of amides is 2. The number of nitrogens with zero attached hydrogens (tertiary/aromatic N) is 1. The summed E-state index contributed by atoms with van der Waals surface area (Å²) in [5, 5.41) is 13.1. The molecule has 27 heavy (non-hydrogen) atoms. The van der Waals surface area contributed by atoms with Gasteiger partial charge >= 0.3 is 6.09 Å². The molecule has 1 aliphatic carbocycles. The molecular formula is C19H24ClFN2O4. The quantitative estimate of drug-likeness (QED) is 0.763. The number of nitrogens with one attached hydrogen (secondary N) is 1. The Labute approximate surface area is 162 Å².